The molecule has 0 spiro atoms. The lowest BCUT2D eigenvalue weighted by Gasteiger charge is -2.39. The summed E-state index contributed by atoms with van der Waals surface area (Å²) < 4.78 is 52.3. The number of nitrogens with zero attached hydrogens (tertiary/aromatic N) is 2. The largest absolute Gasteiger partial charge is 0.478 e. The number of ether oxygens (including phenoxy) is 2. The summed E-state index contributed by atoms with van der Waals surface area (Å²) >= 11 is 0. The first-order valence-corrected chi connectivity index (χ1v) is 11.3. The second-order valence-electron chi connectivity index (χ2n) is 8.27. The molecule has 1 heterocycles. The Morgan fingerprint density at radius 1 is 0.865 bits per heavy atom. The lowest BCUT2D eigenvalue weighted by molar-refractivity contribution is -0.166. The summed E-state index contributed by atoms with van der Waals surface area (Å²) in [6.45, 7) is 1.63. The normalized spacial score (nSPS) is 13.9. The van der Waals surface area contributed by atoms with Gasteiger partial charge >= 0.3 is 18.2 Å². The van der Waals surface area contributed by atoms with Gasteiger partial charge in [-0.2, -0.15) is 13.2 Å². The average Bonchev–Trinajstić information content (AvgIpc) is 2.89. The van der Waals surface area contributed by atoms with E-state index < -0.39 is 29.4 Å². The number of aryl methyl sites for hydroxylation is 1. The third-order valence-corrected chi connectivity index (χ3v) is 5.74. The van der Waals surface area contributed by atoms with Crippen molar-refractivity contribution in [2.24, 2.45) is 0 Å². The van der Waals surface area contributed by atoms with Crippen LogP contribution < -0.4 is 4.74 Å². The lowest BCUT2D eigenvalue weighted by atomic mass is 9.80. The summed E-state index contributed by atoms with van der Waals surface area (Å²) in [5.74, 6) is -1.41. The van der Waals surface area contributed by atoms with Gasteiger partial charge in [0.05, 0.1) is 12.2 Å². The zero-order chi connectivity index (χ0) is 26.5. The molecule has 0 aliphatic rings. The van der Waals surface area contributed by atoms with Gasteiger partial charge in [-0.05, 0) is 41.8 Å². The van der Waals surface area contributed by atoms with E-state index in [1.165, 1.54) is 18.3 Å². The number of carboxylic acid groups (broad SMARTS) is 1. The number of aliphatic carboxylic acids is 1. The van der Waals surface area contributed by atoms with E-state index in [2.05, 4.69) is 9.97 Å². The minimum absolute atomic E-state index is 0.0570. The number of halogens is 3. The van der Waals surface area contributed by atoms with Crippen LogP contribution in [0.15, 0.2) is 97.2 Å². The number of aromatic nitrogens is 2. The van der Waals surface area contributed by atoms with Crippen LogP contribution in [0.4, 0.5) is 13.2 Å². The maximum atomic E-state index is 13.4. The Bertz CT molecular complexity index is 1330. The van der Waals surface area contributed by atoms with Crippen LogP contribution in [0.1, 0.15) is 27.9 Å². The second-order valence-corrected chi connectivity index (χ2v) is 8.27. The number of hydrogen-bond acceptors (Lipinski definition) is 5. The number of alkyl halides is 3. The quantitative estimate of drug-likeness (QED) is 0.308. The summed E-state index contributed by atoms with van der Waals surface area (Å²) in [4.78, 5) is 21.0. The summed E-state index contributed by atoms with van der Waals surface area (Å²) in [6, 6.07) is 23.0. The zero-order valence-electron chi connectivity index (χ0n) is 19.7. The average molecular weight is 508 g/mol. The monoisotopic (exact) mass is 508 g/mol. The van der Waals surface area contributed by atoms with Gasteiger partial charge in [-0.1, -0.05) is 72.8 Å². The molecule has 2 atom stereocenters. The Morgan fingerprint density at radius 2 is 1.43 bits per heavy atom. The first-order valence-electron chi connectivity index (χ1n) is 11.3. The Balaban J connectivity index is 1.92. The number of benzene rings is 3. The minimum atomic E-state index is -4.57. The fourth-order valence-electron chi connectivity index (χ4n) is 3.97. The number of rotatable bonds is 9. The van der Waals surface area contributed by atoms with E-state index in [9.17, 15) is 23.1 Å². The van der Waals surface area contributed by atoms with E-state index in [-0.39, 0.29) is 18.2 Å². The maximum Gasteiger partial charge on any atom is 0.416 e. The molecule has 0 saturated heterocycles. The van der Waals surface area contributed by atoms with Crippen molar-refractivity contribution < 1.29 is 32.5 Å². The summed E-state index contributed by atoms with van der Waals surface area (Å²) in [7, 11) is 0. The van der Waals surface area contributed by atoms with Crippen molar-refractivity contribution in [3.8, 4) is 6.01 Å². The molecule has 0 fully saturated rings. The van der Waals surface area contributed by atoms with E-state index in [1.54, 1.807) is 67.6 Å². The predicted octanol–water partition coefficient (Wildman–Crippen LogP) is 5.80. The van der Waals surface area contributed by atoms with Crippen molar-refractivity contribution in [1.29, 1.82) is 0 Å². The molecule has 0 radical (unpaired) electrons. The van der Waals surface area contributed by atoms with Gasteiger partial charge in [-0.3, -0.25) is 0 Å². The molecular weight excluding hydrogens is 485 g/mol. The van der Waals surface area contributed by atoms with Crippen LogP contribution in [0.25, 0.3) is 0 Å². The fourth-order valence-corrected chi connectivity index (χ4v) is 3.97. The van der Waals surface area contributed by atoms with Crippen LogP contribution in [0.5, 0.6) is 6.01 Å². The third kappa shape index (κ3) is 5.78. The van der Waals surface area contributed by atoms with E-state index in [4.69, 9.17) is 9.47 Å². The van der Waals surface area contributed by atoms with Gasteiger partial charge < -0.3 is 14.6 Å². The molecule has 0 unspecified atom stereocenters. The first-order chi connectivity index (χ1) is 17.7. The van der Waals surface area contributed by atoms with Gasteiger partial charge in [-0.15, -0.1) is 0 Å². The van der Waals surface area contributed by atoms with Crippen molar-refractivity contribution in [2.45, 2.75) is 31.4 Å². The highest BCUT2D eigenvalue weighted by Gasteiger charge is 2.50. The van der Waals surface area contributed by atoms with Gasteiger partial charge in [0.2, 0.25) is 6.10 Å². The van der Waals surface area contributed by atoms with Crippen LogP contribution in [0.3, 0.4) is 0 Å². The smallest absolute Gasteiger partial charge is 0.416 e. The Hall–Kier alpha value is -4.24. The predicted molar refractivity (Wildman–Crippen MR) is 129 cm³/mol. The van der Waals surface area contributed by atoms with Gasteiger partial charge in [0.25, 0.3) is 0 Å². The third-order valence-electron chi connectivity index (χ3n) is 5.74. The topological polar surface area (TPSA) is 81.5 Å². The molecule has 1 aromatic heterocycles. The standard InChI is InChI=1S/C28H23F3N2O4/c1-19-16-17-32-26(33-19)37-24(25(34)35)27(21-10-6-3-7-11-21,36-18-20-8-4-2-5-9-20)22-12-14-23(15-13-22)28(29,30)31/h2-17,24H,18H2,1H3,(H,34,35)/t24-,27-/m0/s1. The van der Waals surface area contributed by atoms with E-state index >= 15 is 0 Å². The molecule has 37 heavy (non-hydrogen) atoms. The fraction of sp³-hybridized carbons (Fsp3) is 0.179. The Kier molecular flexibility index (Phi) is 7.54. The molecule has 0 bridgehead atoms. The second kappa shape index (κ2) is 10.8. The Labute approximate surface area is 211 Å². The minimum Gasteiger partial charge on any atom is -0.478 e. The van der Waals surface area contributed by atoms with Gasteiger partial charge in [-0.25, -0.2) is 14.8 Å². The summed E-state index contributed by atoms with van der Waals surface area (Å²) in [5.41, 5.74) is -0.963. The van der Waals surface area contributed by atoms with Crippen LogP contribution >= 0.6 is 0 Å². The van der Waals surface area contributed by atoms with Crippen molar-refractivity contribution >= 4 is 5.97 Å². The molecule has 6 nitrogen and oxygen atoms in total. The highest BCUT2D eigenvalue weighted by molar-refractivity contribution is 5.76. The molecular formula is C28H23F3N2O4. The summed E-state index contributed by atoms with van der Waals surface area (Å²) in [6.07, 6.45) is -4.92. The number of carboxylic acids is 1. The highest BCUT2D eigenvalue weighted by atomic mass is 19.4. The molecule has 0 aliphatic heterocycles. The van der Waals surface area contributed by atoms with E-state index in [0.29, 0.717) is 11.3 Å². The van der Waals surface area contributed by atoms with Crippen molar-refractivity contribution in [3.63, 3.8) is 0 Å². The highest BCUT2D eigenvalue weighted by Crippen LogP contribution is 2.41. The molecule has 9 heteroatoms. The molecule has 0 amide bonds. The van der Waals surface area contributed by atoms with Gasteiger partial charge in [0.1, 0.15) is 0 Å². The van der Waals surface area contributed by atoms with Crippen molar-refractivity contribution in [2.75, 3.05) is 0 Å². The van der Waals surface area contributed by atoms with Gasteiger partial charge in [0.15, 0.2) is 5.60 Å². The van der Waals surface area contributed by atoms with Crippen LogP contribution in [0, 0.1) is 6.92 Å². The molecule has 190 valence electrons. The SMILES string of the molecule is Cc1ccnc(O[C@@H](C(=O)O)[C@](OCc2ccccc2)(c2ccccc2)c2ccc(C(F)(F)F)cc2)n1. The van der Waals surface area contributed by atoms with Crippen LogP contribution in [-0.4, -0.2) is 27.1 Å². The molecule has 0 saturated carbocycles. The van der Waals surface area contributed by atoms with Crippen molar-refractivity contribution in [1.82, 2.24) is 9.97 Å². The molecule has 1 N–H and O–H groups in total. The van der Waals surface area contributed by atoms with Gasteiger partial charge in [0, 0.05) is 11.9 Å². The van der Waals surface area contributed by atoms with Crippen LogP contribution in [0.2, 0.25) is 0 Å². The van der Waals surface area contributed by atoms with Crippen LogP contribution in [-0.2, 0) is 27.9 Å². The first kappa shape index (κ1) is 25.8. The number of hydrogen-bond donors (Lipinski definition) is 1. The summed E-state index contributed by atoms with van der Waals surface area (Å²) in [5, 5.41) is 10.4. The molecule has 3 aromatic carbocycles. The van der Waals surface area contributed by atoms with E-state index in [0.717, 1.165) is 17.7 Å². The molecule has 4 aromatic rings. The Morgan fingerprint density at radius 3 is 2.00 bits per heavy atom. The zero-order valence-corrected chi connectivity index (χ0v) is 19.7. The molecule has 4 rings (SSSR count). The van der Waals surface area contributed by atoms with Crippen molar-refractivity contribution in [3.05, 3.63) is 125 Å². The molecule has 0 aliphatic carbocycles. The van der Waals surface area contributed by atoms with E-state index in [1.807, 2.05) is 6.07 Å². The lowest BCUT2D eigenvalue weighted by Crippen LogP contribution is -2.51. The maximum absolute atomic E-state index is 13.4. The number of carbonyl (C=O) groups is 1.